The third-order valence-electron chi connectivity index (χ3n) is 4.28. The number of aliphatic imine (C=N–C) groups is 1. The van der Waals surface area contributed by atoms with Crippen LogP contribution in [0.1, 0.15) is 38.0 Å². The molecule has 0 bridgehead atoms. The van der Waals surface area contributed by atoms with E-state index in [1.54, 1.807) is 7.11 Å². The van der Waals surface area contributed by atoms with Gasteiger partial charge in [-0.1, -0.05) is 30.3 Å². The van der Waals surface area contributed by atoms with Gasteiger partial charge < -0.3 is 25.2 Å². The van der Waals surface area contributed by atoms with Crippen LogP contribution in [0.2, 0.25) is 0 Å². The van der Waals surface area contributed by atoms with Gasteiger partial charge in [0.25, 0.3) is 0 Å². The first-order valence-electron chi connectivity index (χ1n) is 10.1. The number of para-hydroxylation sites is 1. The summed E-state index contributed by atoms with van der Waals surface area (Å²) in [5.41, 5.74) is 1.96. The molecule has 0 aromatic heterocycles. The number of aliphatic hydroxyl groups excluding tert-OH is 1. The van der Waals surface area contributed by atoms with Gasteiger partial charge in [0.15, 0.2) is 5.96 Å². The lowest BCUT2D eigenvalue weighted by atomic mass is 10.1. The predicted molar refractivity (Wildman–Crippen MR) is 118 cm³/mol. The topological polar surface area (TPSA) is 75.1 Å². The van der Waals surface area contributed by atoms with E-state index >= 15 is 0 Å². The van der Waals surface area contributed by atoms with E-state index in [2.05, 4.69) is 21.7 Å². The molecule has 1 atom stereocenters. The van der Waals surface area contributed by atoms with Crippen molar-refractivity contribution in [2.45, 2.75) is 39.4 Å². The fourth-order valence-corrected chi connectivity index (χ4v) is 2.89. The Bertz CT molecular complexity index is 760. The molecule has 0 radical (unpaired) electrons. The number of nitrogens with one attached hydrogen (secondary N) is 2. The molecule has 0 heterocycles. The first-order chi connectivity index (χ1) is 14.0. The summed E-state index contributed by atoms with van der Waals surface area (Å²) < 4.78 is 11.0. The van der Waals surface area contributed by atoms with Gasteiger partial charge in [0.05, 0.1) is 25.9 Å². The first kappa shape index (κ1) is 22.6. The lowest BCUT2D eigenvalue weighted by Gasteiger charge is -2.15. The molecular formula is C23H33N3O3. The van der Waals surface area contributed by atoms with E-state index in [1.165, 1.54) is 0 Å². The molecule has 0 saturated carbocycles. The van der Waals surface area contributed by atoms with Gasteiger partial charge in [-0.2, -0.15) is 0 Å². The molecule has 29 heavy (non-hydrogen) atoms. The Morgan fingerprint density at radius 1 is 1.07 bits per heavy atom. The maximum Gasteiger partial charge on any atom is 0.191 e. The van der Waals surface area contributed by atoms with Crippen LogP contribution >= 0.6 is 0 Å². The minimum atomic E-state index is -0.673. The Balaban J connectivity index is 1.90. The van der Waals surface area contributed by atoms with Crippen molar-refractivity contribution in [2.75, 3.05) is 26.7 Å². The maximum absolute atomic E-state index is 10.5. The standard InChI is InChI=1S/C23H33N3O3/c1-5-24-23(25-15-14-19-8-6-7-9-22(19)28-4)26-16-21(27)18-10-12-20(13-11-18)29-17(2)3/h6-13,17,21,27H,5,14-16H2,1-4H3,(H2,24,25,26). The van der Waals surface area contributed by atoms with Crippen molar-refractivity contribution in [1.82, 2.24) is 10.6 Å². The third kappa shape index (κ3) is 7.66. The van der Waals surface area contributed by atoms with Crippen molar-refractivity contribution >= 4 is 5.96 Å². The van der Waals surface area contributed by atoms with E-state index in [9.17, 15) is 5.11 Å². The molecule has 0 spiro atoms. The van der Waals surface area contributed by atoms with E-state index in [4.69, 9.17) is 9.47 Å². The molecule has 0 aliphatic carbocycles. The molecule has 6 nitrogen and oxygen atoms in total. The molecule has 2 aromatic carbocycles. The number of hydrogen-bond donors (Lipinski definition) is 3. The molecule has 0 saturated heterocycles. The largest absolute Gasteiger partial charge is 0.496 e. The van der Waals surface area contributed by atoms with Crippen LogP contribution in [0.5, 0.6) is 11.5 Å². The highest BCUT2D eigenvalue weighted by Gasteiger charge is 2.09. The molecule has 2 aromatic rings. The number of ether oxygens (including phenoxy) is 2. The predicted octanol–water partition coefficient (Wildman–Crippen LogP) is 3.31. The van der Waals surface area contributed by atoms with Crippen molar-refractivity contribution in [3.05, 3.63) is 59.7 Å². The average Bonchev–Trinajstić information content (AvgIpc) is 2.72. The van der Waals surface area contributed by atoms with Gasteiger partial charge in [0.1, 0.15) is 11.5 Å². The number of methoxy groups -OCH3 is 1. The first-order valence-corrected chi connectivity index (χ1v) is 10.1. The van der Waals surface area contributed by atoms with Gasteiger partial charge in [-0.25, -0.2) is 0 Å². The SMILES string of the molecule is CCNC(=NCC(O)c1ccc(OC(C)C)cc1)NCCc1ccccc1OC. The lowest BCUT2D eigenvalue weighted by molar-refractivity contribution is 0.186. The fourth-order valence-electron chi connectivity index (χ4n) is 2.89. The second kappa shape index (κ2) is 12.0. The monoisotopic (exact) mass is 399 g/mol. The second-order valence-corrected chi connectivity index (χ2v) is 6.96. The minimum Gasteiger partial charge on any atom is -0.496 e. The van der Waals surface area contributed by atoms with E-state index in [0.717, 1.165) is 35.6 Å². The smallest absolute Gasteiger partial charge is 0.191 e. The second-order valence-electron chi connectivity index (χ2n) is 6.96. The van der Waals surface area contributed by atoms with Gasteiger partial charge >= 0.3 is 0 Å². The van der Waals surface area contributed by atoms with Crippen LogP contribution in [-0.2, 0) is 6.42 Å². The number of aliphatic hydroxyl groups is 1. The summed E-state index contributed by atoms with van der Waals surface area (Å²) in [5, 5.41) is 17.0. The molecule has 1 unspecified atom stereocenters. The van der Waals surface area contributed by atoms with Gasteiger partial charge in [0, 0.05) is 13.1 Å². The molecule has 2 rings (SSSR count). The molecule has 0 aliphatic heterocycles. The van der Waals surface area contributed by atoms with Gasteiger partial charge in [-0.15, -0.1) is 0 Å². The van der Waals surface area contributed by atoms with Gasteiger partial charge in [0.2, 0.25) is 0 Å². The highest BCUT2D eigenvalue weighted by molar-refractivity contribution is 5.79. The van der Waals surface area contributed by atoms with E-state index < -0.39 is 6.10 Å². The molecule has 0 aliphatic rings. The third-order valence-corrected chi connectivity index (χ3v) is 4.28. The molecule has 3 N–H and O–H groups in total. The zero-order valence-electron chi connectivity index (χ0n) is 17.8. The summed E-state index contributed by atoms with van der Waals surface area (Å²) in [6.07, 6.45) is 0.265. The summed E-state index contributed by atoms with van der Waals surface area (Å²) in [7, 11) is 1.68. The number of guanidine groups is 1. The van der Waals surface area contributed by atoms with Gasteiger partial charge in [-0.3, -0.25) is 4.99 Å². The number of benzene rings is 2. The number of hydrogen-bond acceptors (Lipinski definition) is 4. The number of rotatable bonds is 10. The molecule has 0 amide bonds. The van der Waals surface area contributed by atoms with Crippen LogP contribution in [0.15, 0.2) is 53.5 Å². The Morgan fingerprint density at radius 3 is 2.45 bits per heavy atom. The summed E-state index contributed by atoms with van der Waals surface area (Å²) >= 11 is 0. The normalized spacial score (nSPS) is 12.6. The van der Waals surface area contributed by atoms with Crippen LogP contribution < -0.4 is 20.1 Å². The van der Waals surface area contributed by atoms with Crippen LogP contribution in [0.3, 0.4) is 0 Å². The quantitative estimate of drug-likeness (QED) is 0.422. The highest BCUT2D eigenvalue weighted by Crippen LogP contribution is 2.19. The van der Waals surface area contributed by atoms with Crippen LogP contribution in [0.25, 0.3) is 0 Å². The van der Waals surface area contributed by atoms with Crippen molar-refractivity contribution in [2.24, 2.45) is 4.99 Å². The summed E-state index contributed by atoms with van der Waals surface area (Å²) in [5.74, 6) is 2.36. The van der Waals surface area contributed by atoms with Crippen LogP contribution in [0.4, 0.5) is 0 Å². The van der Waals surface area contributed by atoms with Gasteiger partial charge in [-0.05, 0) is 56.5 Å². The van der Waals surface area contributed by atoms with Crippen LogP contribution in [0, 0.1) is 0 Å². The van der Waals surface area contributed by atoms with Crippen molar-refractivity contribution in [3.63, 3.8) is 0 Å². The Morgan fingerprint density at radius 2 is 1.79 bits per heavy atom. The lowest BCUT2D eigenvalue weighted by Crippen LogP contribution is -2.38. The summed E-state index contributed by atoms with van der Waals surface area (Å²) in [6, 6.07) is 15.5. The zero-order chi connectivity index (χ0) is 21.1. The Kier molecular flexibility index (Phi) is 9.31. The van der Waals surface area contributed by atoms with E-state index in [1.807, 2.05) is 63.2 Å². The molecule has 6 heteroatoms. The Labute approximate surface area is 174 Å². The van der Waals surface area contributed by atoms with Crippen molar-refractivity contribution in [1.29, 1.82) is 0 Å². The zero-order valence-corrected chi connectivity index (χ0v) is 17.8. The van der Waals surface area contributed by atoms with Crippen LogP contribution in [-0.4, -0.2) is 43.9 Å². The van der Waals surface area contributed by atoms with Crippen molar-refractivity contribution < 1.29 is 14.6 Å². The molecule has 0 fully saturated rings. The minimum absolute atomic E-state index is 0.125. The highest BCUT2D eigenvalue weighted by atomic mass is 16.5. The summed E-state index contributed by atoms with van der Waals surface area (Å²) in [4.78, 5) is 4.52. The molecular weight excluding hydrogens is 366 g/mol. The summed E-state index contributed by atoms with van der Waals surface area (Å²) in [6.45, 7) is 7.72. The fraction of sp³-hybridized carbons (Fsp3) is 0.435. The number of nitrogens with zero attached hydrogens (tertiary/aromatic N) is 1. The molecule has 158 valence electrons. The Hall–Kier alpha value is -2.73. The van der Waals surface area contributed by atoms with E-state index in [0.29, 0.717) is 12.5 Å². The van der Waals surface area contributed by atoms with Crippen molar-refractivity contribution in [3.8, 4) is 11.5 Å². The maximum atomic E-state index is 10.5. The van der Waals surface area contributed by atoms with E-state index in [-0.39, 0.29) is 12.6 Å². The average molecular weight is 400 g/mol.